The van der Waals surface area contributed by atoms with Crippen LogP contribution in [0.15, 0.2) is 130 Å². The van der Waals surface area contributed by atoms with Gasteiger partial charge in [-0.2, -0.15) is 0 Å². The Morgan fingerprint density at radius 2 is 1.48 bits per heavy atom. The summed E-state index contributed by atoms with van der Waals surface area (Å²) >= 11 is 0. The molecule has 0 aromatic rings. The average molecular weight is 571 g/mol. The molecule has 2 N–H and O–H groups in total. The average Bonchev–Trinajstić information content (AvgIpc) is 2.89. The fourth-order valence-corrected chi connectivity index (χ4v) is 4.98. The Labute approximate surface area is 258 Å². The Hall–Kier alpha value is -2.94. The van der Waals surface area contributed by atoms with Crippen LogP contribution in [0.2, 0.25) is 0 Å². The Morgan fingerprint density at radius 3 is 2.12 bits per heavy atom. The molecule has 0 saturated carbocycles. The van der Waals surface area contributed by atoms with Crippen LogP contribution in [0.1, 0.15) is 94.4 Å². The predicted octanol–water partition coefficient (Wildman–Crippen LogP) is 10.8. The van der Waals surface area contributed by atoms with Gasteiger partial charge in [0.2, 0.25) is 0 Å². The third-order valence-electron chi connectivity index (χ3n) is 7.53. The van der Waals surface area contributed by atoms with E-state index >= 15 is 0 Å². The van der Waals surface area contributed by atoms with Crippen molar-refractivity contribution in [1.29, 1.82) is 0 Å². The van der Waals surface area contributed by atoms with Crippen molar-refractivity contribution in [1.82, 2.24) is 0 Å². The first-order chi connectivity index (χ1) is 19.8. The molecule has 0 spiro atoms. The van der Waals surface area contributed by atoms with Gasteiger partial charge in [0.05, 0.1) is 12.7 Å². The van der Waals surface area contributed by atoms with Gasteiger partial charge >= 0.3 is 0 Å². The summed E-state index contributed by atoms with van der Waals surface area (Å²) in [6.45, 7) is 19.5. The zero-order valence-electron chi connectivity index (χ0n) is 28.0. The monoisotopic (exact) mass is 570 g/mol. The summed E-state index contributed by atoms with van der Waals surface area (Å²) in [5.74, 6) is 0.491. The van der Waals surface area contributed by atoms with E-state index in [0.29, 0.717) is 5.92 Å². The molecular weight excluding hydrogens is 512 g/mol. The topological polar surface area (TPSA) is 40.5 Å². The maximum Gasteiger partial charge on any atom is 0.0639 e. The van der Waals surface area contributed by atoms with E-state index < -0.39 is 0 Å². The van der Waals surface area contributed by atoms with Gasteiger partial charge in [0.25, 0.3) is 0 Å². The first-order valence-electron chi connectivity index (χ1n) is 15.5. The quantitative estimate of drug-likeness (QED) is 0.152. The number of hydrogen-bond donors (Lipinski definition) is 2. The van der Waals surface area contributed by atoms with E-state index in [-0.39, 0.29) is 18.1 Å². The fraction of sp³-hybridized carbons (Fsp3) is 0.450. The highest BCUT2D eigenvalue weighted by molar-refractivity contribution is 5.38. The van der Waals surface area contributed by atoms with Crippen LogP contribution in [-0.4, -0.2) is 22.9 Å². The summed E-state index contributed by atoms with van der Waals surface area (Å²) in [5.41, 5.74) is 8.68. The molecule has 0 saturated heterocycles. The van der Waals surface area contributed by atoms with Crippen LogP contribution >= 0.6 is 0 Å². The Bertz CT molecular complexity index is 1180. The van der Waals surface area contributed by atoms with Crippen molar-refractivity contribution in [3.8, 4) is 0 Å². The summed E-state index contributed by atoms with van der Waals surface area (Å²) < 4.78 is 0. The van der Waals surface area contributed by atoms with Crippen LogP contribution in [0.25, 0.3) is 0 Å². The summed E-state index contributed by atoms with van der Waals surface area (Å²) in [6, 6.07) is 0. The first-order valence-corrected chi connectivity index (χ1v) is 15.5. The van der Waals surface area contributed by atoms with Gasteiger partial charge in [-0.15, -0.1) is 0 Å². The third-order valence-corrected chi connectivity index (χ3v) is 7.53. The summed E-state index contributed by atoms with van der Waals surface area (Å²) in [4.78, 5) is 0. The fourth-order valence-electron chi connectivity index (χ4n) is 4.98. The number of aliphatic hydroxyl groups excluding tert-OH is 2. The lowest BCUT2D eigenvalue weighted by Crippen LogP contribution is -2.28. The van der Waals surface area contributed by atoms with Crippen molar-refractivity contribution in [3.63, 3.8) is 0 Å². The number of rotatable bonds is 15. The van der Waals surface area contributed by atoms with Crippen molar-refractivity contribution in [3.05, 3.63) is 130 Å². The maximum atomic E-state index is 10.1. The molecule has 0 aromatic carbocycles. The Balaban J connectivity index is 2.52. The molecule has 0 aromatic heterocycles. The highest BCUT2D eigenvalue weighted by atomic mass is 16.3. The second-order valence-corrected chi connectivity index (χ2v) is 12.7. The summed E-state index contributed by atoms with van der Waals surface area (Å²) in [7, 11) is 0. The molecule has 1 aliphatic rings. The third kappa shape index (κ3) is 16.5. The van der Waals surface area contributed by atoms with Crippen LogP contribution in [-0.2, 0) is 0 Å². The molecule has 0 amide bonds. The van der Waals surface area contributed by atoms with Gasteiger partial charge in [0.1, 0.15) is 0 Å². The second-order valence-electron chi connectivity index (χ2n) is 12.7. The molecule has 1 rings (SSSR count). The predicted molar refractivity (Wildman–Crippen MR) is 186 cm³/mol. The normalized spacial score (nSPS) is 20.9. The van der Waals surface area contributed by atoms with E-state index in [2.05, 4.69) is 147 Å². The zero-order chi connectivity index (χ0) is 31.5. The van der Waals surface area contributed by atoms with Crippen LogP contribution in [0.5, 0.6) is 0 Å². The van der Waals surface area contributed by atoms with Gasteiger partial charge in [0.15, 0.2) is 0 Å². The lowest BCUT2D eigenvalue weighted by molar-refractivity contribution is 0.116. The van der Waals surface area contributed by atoms with Crippen LogP contribution in [0, 0.1) is 11.3 Å². The molecule has 42 heavy (non-hydrogen) atoms. The van der Waals surface area contributed by atoms with Crippen LogP contribution in [0.4, 0.5) is 0 Å². The van der Waals surface area contributed by atoms with Gasteiger partial charge in [-0.1, -0.05) is 145 Å². The molecule has 0 bridgehead atoms. The van der Waals surface area contributed by atoms with Crippen molar-refractivity contribution < 1.29 is 10.2 Å². The molecule has 230 valence electrons. The molecule has 0 heterocycles. The second kappa shape index (κ2) is 20.1. The minimum absolute atomic E-state index is 0.00884. The van der Waals surface area contributed by atoms with Crippen LogP contribution < -0.4 is 0 Å². The van der Waals surface area contributed by atoms with Gasteiger partial charge in [-0.25, -0.2) is 0 Å². The Morgan fingerprint density at radius 1 is 0.857 bits per heavy atom. The first kappa shape index (κ1) is 37.1. The minimum Gasteiger partial charge on any atom is -0.393 e. The van der Waals surface area contributed by atoms with Crippen LogP contribution in [0.3, 0.4) is 0 Å². The molecular formula is C40H58O2. The highest BCUT2D eigenvalue weighted by Crippen LogP contribution is 2.41. The van der Waals surface area contributed by atoms with E-state index in [0.717, 1.165) is 37.7 Å². The number of hydrogen-bond acceptors (Lipinski definition) is 2. The number of aliphatic hydroxyl groups is 2. The lowest BCUT2D eigenvalue weighted by Gasteiger charge is -2.35. The zero-order valence-corrected chi connectivity index (χ0v) is 28.0. The molecule has 2 atom stereocenters. The van der Waals surface area contributed by atoms with Gasteiger partial charge < -0.3 is 10.2 Å². The van der Waals surface area contributed by atoms with E-state index in [1.54, 1.807) is 0 Å². The lowest BCUT2D eigenvalue weighted by atomic mass is 9.71. The maximum absolute atomic E-state index is 10.1. The SMILES string of the molecule is CC1=C(/C=C/C(C)=C/C=C/C(C)=C/C=C/C=C(C)/C=C/CC(C)/C=C/C=C(\C)CC/C=C(/C)CO)C(C)(C)CC(O)C1. The molecule has 0 aliphatic heterocycles. The van der Waals surface area contributed by atoms with Crippen molar-refractivity contribution in [2.75, 3.05) is 6.61 Å². The van der Waals surface area contributed by atoms with E-state index in [1.807, 2.05) is 6.92 Å². The van der Waals surface area contributed by atoms with Gasteiger partial charge in [-0.3, -0.25) is 0 Å². The molecule has 1 aliphatic carbocycles. The largest absolute Gasteiger partial charge is 0.393 e. The smallest absolute Gasteiger partial charge is 0.0639 e. The highest BCUT2D eigenvalue weighted by Gasteiger charge is 2.31. The summed E-state index contributed by atoms with van der Waals surface area (Å²) in [6.07, 6.45) is 36.8. The van der Waals surface area contributed by atoms with Crippen molar-refractivity contribution in [2.24, 2.45) is 11.3 Å². The molecule has 2 nitrogen and oxygen atoms in total. The molecule has 0 fully saturated rings. The van der Waals surface area contributed by atoms with E-state index in [4.69, 9.17) is 5.11 Å². The van der Waals surface area contributed by atoms with E-state index in [1.165, 1.54) is 33.4 Å². The molecule has 0 radical (unpaired) electrons. The van der Waals surface area contributed by atoms with Crippen molar-refractivity contribution >= 4 is 0 Å². The minimum atomic E-state index is -0.224. The van der Waals surface area contributed by atoms with E-state index in [9.17, 15) is 5.11 Å². The molecule has 2 heteroatoms. The molecule has 2 unspecified atom stereocenters. The van der Waals surface area contributed by atoms with Gasteiger partial charge in [-0.05, 0) is 90.6 Å². The van der Waals surface area contributed by atoms with Gasteiger partial charge in [0, 0.05) is 0 Å². The van der Waals surface area contributed by atoms with Crippen molar-refractivity contribution in [2.45, 2.75) is 101 Å². The standard InChI is InChI=1S/C40H58O2/c1-31(18-12-20-33(3)21-13-22-34(4)23-15-25-36(6)30-41)16-10-11-17-32(2)19-14-24-35(5)26-27-39-37(7)28-38(42)29-40(39,8)9/h10-14,16-19,21-22,24-27,33,38,41-42H,15,20,23,28-30H2,1-9H3/b11-10+,18-12+,19-14+,21-13+,27-26+,31-16+,32-17+,34-22+,35-24+,36-25-. The summed E-state index contributed by atoms with van der Waals surface area (Å²) in [5, 5.41) is 19.2. The Kier molecular flexibility index (Phi) is 17.7. The number of allylic oxidation sites excluding steroid dienone is 20.